The van der Waals surface area contributed by atoms with E-state index in [0.717, 1.165) is 18.8 Å². The highest BCUT2D eigenvalue weighted by molar-refractivity contribution is 5.80. The van der Waals surface area contributed by atoms with Crippen molar-refractivity contribution in [1.29, 1.82) is 0 Å². The van der Waals surface area contributed by atoms with Crippen LogP contribution in [-0.2, 0) is 12.8 Å². The minimum Gasteiger partial charge on any atom is -0.0986 e. The van der Waals surface area contributed by atoms with Crippen LogP contribution in [-0.4, -0.2) is 0 Å². The van der Waals surface area contributed by atoms with Gasteiger partial charge in [0.25, 0.3) is 0 Å². The number of hydrogen-bond donors (Lipinski definition) is 0. The Morgan fingerprint density at radius 1 is 1.00 bits per heavy atom. The summed E-state index contributed by atoms with van der Waals surface area (Å²) in [4.78, 5) is 0. The molecule has 1 saturated carbocycles. The third-order valence-electron chi connectivity index (χ3n) is 9.61. The molecule has 0 aromatic heterocycles. The van der Waals surface area contributed by atoms with Gasteiger partial charge in [0.15, 0.2) is 0 Å². The van der Waals surface area contributed by atoms with Gasteiger partial charge < -0.3 is 0 Å². The summed E-state index contributed by atoms with van der Waals surface area (Å²) in [6, 6.07) is 11.8. The van der Waals surface area contributed by atoms with Gasteiger partial charge >= 0.3 is 0 Å². The van der Waals surface area contributed by atoms with Crippen LogP contribution in [0.1, 0.15) is 80.7 Å². The lowest BCUT2D eigenvalue weighted by Crippen LogP contribution is -2.29. The summed E-state index contributed by atoms with van der Waals surface area (Å²) in [5.74, 6) is 1.55. The van der Waals surface area contributed by atoms with E-state index in [1.807, 2.05) is 0 Å². The second-order valence-corrected chi connectivity index (χ2v) is 12.7. The van der Waals surface area contributed by atoms with Gasteiger partial charge in [-0.1, -0.05) is 112 Å². The SMILES string of the molecule is C=C1C=CC(C)C(=C)C1CC1=Cc2cccc(-c3cc(C)cc(C)c3C[C@@H]3CCCCC3(C)C)c2C1. The number of rotatable bonds is 5. The first-order valence-corrected chi connectivity index (χ1v) is 14.1. The molecule has 2 aromatic carbocycles. The second-order valence-electron chi connectivity index (χ2n) is 12.7. The first-order valence-electron chi connectivity index (χ1n) is 14.1. The van der Waals surface area contributed by atoms with E-state index >= 15 is 0 Å². The van der Waals surface area contributed by atoms with Crippen LogP contribution < -0.4 is 0 Å². The lowest BCUT2D eigenvalue weighted by atomic mass is 9.66. The Hall–Kier alpha value is -2.60. The smallest absolute Gasteiger partial charge is 0.00826 e. The Balaban J connectivity index is 1.47. The van der Waals surface area contributed by atoms with Crippen LogP contribution in [0, 0.1) is 37.0 Å². The molecule has 5 rings (SSSR count). The average molecular weight is 477 g/mol. The van der Waals surface area contributed by atoms with Crippen LogP contribution in [0.2, 0.25) is 0 Å². The molecule has 188 valence electrons. The van der Waals surface area contributed by atoms with Crippen molar-refractivity contribution in [3.8, 4) is 11.1 Å². The highest BCUT2D eigenvalue weighted by Crippen LogP contribution is 2.46. The van der Waals surface area contributed by atoms with Crippen LogP contribution >= 0.6 is 0 Å². The van der Waals surface area contributed by atoms with E-state index in [1.54, 1.807) is 5.56 Å². The molecule has 0 N–H and O–H groups in total. The third-order valence-corrected chi connectivity index (χ3v) is 9.61. The first-order chi connectivity index (χ1) is 17.1. The summed E-state index contributed by atoms with van der Waals surface area (Å²) in [6.07, 6.45) is 15.7. The summed E-state index contributed by atoms with van der Waals surface area (Å²) in [5.41, 5.74) is 14.7. The molecule has 1 fully saturated rings. The lowest BCUT2D eigenvalue weighted by molar-refractivity contribution is 0.137. The maximum atomic E-state index is 4.44. The van der Waals surface area contributed by atoms with Crippen molar-refractivity contribution in [3.63, 3.8) is 0 Å². The molecule has 36 heavy (non-hydrogen) atoms. The molecule has 0 radical (unpaired) electrons. The summed E-state index contributed by atoms with van der Waals surface area (Å²) in [6.45, 7) is 20.6. The molecular weight excluding hydrogens is 432 g/mol. The number of fused-ring (bicyclic) bond motifs is 1. The predicted octanol–water partition coefficient (Wildman–Crippen LogP) is 9.99. The zero-order valence-corrected chi connectivity index (χ0v) is 23.2. The molecule has 3 atom stereocenters. The summed E-state index contributed by atoms with van der Waals surface area (Å²) in [5, 5.41) is 0. The highest BCUT2D eigenvalue weighted by Gasteiger charge is 2.33. The van der Waals surface area contributed by atoms with E-state index in [1.165, 1.54) is 82.2 Å². The molecule has 0 saturated heterocycles. The van der Waals surface area contributed by atoms with Gasteiger partial charge in [-0.15, -0.1) is 0 Å². The Kier molecular flexibility index (Phi) is 6.75. The van der Waals surface area contributed by atoms with Crippen molar-refractivity contribution in [3.05, 3.63) is 100 Å². The monoisotopic (exact) mass is 476 g/mol. The van der Waals surface area contributed by atoms with Crippen molar-refractivity contribution >= 4 is 6.08 Å². The van der Waals surface area contributed by atoms with E-state index in [0.29, 0.717) is 17.3 Å². The quantitative estimate of drug-likeness (QED) is 0.377. The number of aryl methyl sites for hydroxylation is 2. The van der Waals surface area contributed by atoms with Gasteiger partial charge in [-0.05, 0) is 102 Å². The normalized spacial score (nSPS) is 25.1. The summed E-state index contributed by atoms with van der Waals surface area (Å²) < 4.78 is 0. The molecule has 0 spiro atoms. The van der Waals surface area contributed by atoms with Crippen LogP contribution in [0.4, 0.5) is 0 Å². The van der Waals surface area contributed by atoms with Gasteiger partial charge in [-0.2, -0.15) is 0 Å². The fourth-order valence-corrected chi connectivity index (χ4v) is 7.11. The largest absolute Gasteiger partial charge is 0.0986 e. The van der Waals surface area contributed by atoms with Gasteiger partial charge in [-0.25, -0.2) is 0 Å². The van der Waals surface area contributed by atoms with E-state index in [-0.39, 0.29) is 0 Å². The van der Waals surface area contributed by atoms with Gasteiger partial charge in [-0.3, -0.25) is 0 Å². The molecule has 3 aliphatic rings. The Morgan fingerprint density at radius 2 is 1.81 bits per heavy atom. The number of hydrogen-bond acceptors (Lipinski definition) is 0. The summed E-state index contributed by atoms with van der Waals surface area (Å²) >= 11 is 0. The fourth-order valence-electron chi connectivity index (χ4n) is 7.11. The van der Waals surface area contributed by atoms with Crippen LogP contribution in [0.25, 0.3) is 17.2 Å². The molecule has 2 unspecified atom stereocenters. The maximum absolute atomic E-state index is 4.44. The van der Waals surface area contributed by atoms with Gasteiger partial charge in [0.1, 0.15) is 0 Å². The van der Waals surface area contributed by atoms with E-state index in [9.17, 15) is 0 Å². The van der Waals surface area contributed by atoms with Crippen LogP contribution in [0.15, 0.2) is 72.4 Å². The molecule has 0 aliphatic heterocycles. The molecule has 0 heterocycles. The van der Waals surface area contributed by atoms with Crippen molar-refractivity contribution in [2.24, 2.45) is 23.2 Å². The molecule has 0 nitrogen and oxygen atoms in total. The van der Waals surface area contributed by atoms with Gasteiger partial charge in [0, 0.05) is 5.92 Å². The molecular formula is C36H44. The third kappa shape index (κ3) is 4.72. The van der Waals surface area contributed by atoms with Crippen molar-refractivity contribution in [1.82, 2.24) is 0 Å². The van der Waals surface area contributed by atoms with Crippen LogP contribution in [0.5, 0.6) is 0 Å². The lowest BCUT2D eigenvalue weighted by Gasteiger charge is -2.39. The van der Waals surface area contributed by atoms with Gasteiger partial charge in [0.2, 0.25) is 0 Å². The average Bonchev–Trinajstić information content (AvgIpc) is 3.24. The number of allylic oxidation sites excluding steroid dienone is 5. The number of benzene rings is 2. The zero-order chi connectivity index (χ0) is 25.6. The predicted molar refractivity (Wildman–Crippen MR) is 157 cm³/mol. The minimum atomic E-state index is 0.360. The minimum absolute atomic E-state index is 0.360. The maximum Gasteiger partial charge on any atom is 0.00826 e. The highest BCUT2D eigenvalue weighted by atomic mass is 14.4. The van der Waals surface area contributed by atoms with E-state index < -0.39 is 0 Å². The molecule has 3 aliphatic carbocycles. The summed E-state index contributed by atoms with van der Waals surface area (Å²) in [7, 11) is 0. The molecule has 2 aromatic rings. The second kappa shape index (κ2) is 9.70. The molecule has 0 heteroatoms. The zero-order valence-electron chi connectivity index (χ0n) is 23.2. The van der Waals surface area contributed by atoms with Crippen molar-refractivity contribution in [2.45, 2.75) is 79.6 Å². The van der Waals surface area contributed by atoms with Crippen LogP contribution in [0.3, 0.4) is 0 Å². The van der Waals surface area contributed by atoms with E-state index in [2.05, 4.69) is 96.3 Å². The standard InChI is InChI=1S/C36H44/c1-23-17-26(4)33(22-30-12-8-9-16-36(30,6)7)35(18-23)31-13-10-11-29-19-28(21-34(29)31)20-32-25(3)15-14-24(2)27(32)5/h10-11,13-15,17-19,24,30,32H,3,5,8-9,12,16,20-22H2,1-2,4,6-7H3/t24?,30-,32?/m0/s1. The van der Waals surface area contributed by atoms with Crippen molar-refractivity contribution in [2.75, 3.05) is 0 Å². The Bertz CT molecular complexity index is 1260. The molecule has 0 amide bonds. The Morgan fingerprint density at radius 3 is 2.58 bits per heavy atom. The fraction of sp³-hybridized carbons (Fsp3) is 0.444. The van der Waals surface area contributed by atoms with E-state index in [4.69, 9.17) is 0 Å². The van der Waals surface area contributed by atoms with Gasteiger partial charge in [0.05, 0.1) is 0 Å². The molecule has 0 bridgehead atoms. The van der Waals surface area contributed by atoms with Crippen molar-refractivity contribution < 1.29 is 0 Å². The topological polar surface area (TPSA) is 0 Å². The first kappa shape index (κ1) is 25.1. The Labute approximate surface area is 219 Å².